The first-order valence-corrected chi connectivity index (χ1v) is 9.10. The lowest BCUT2D eigenvalue weighted by molar-refractivity contribution is 0.265. The summed E-state index contributed by atoms with van der Waals surface area (Å²) in [5.41, 5.74) is 4.16. The quantitative estimate of drug-likeness (QED) is 0.762. The van der Waals surface area contributed by atoms with Crippen LogP contribution in [0.1, 0.15) is 36.1 Å². The monoisotopic (exact) mass is 359 g/mol. The molecule has 2 aliphatic rings. The topological polar surface area (TPSA) is 63.1 Å². The molecule has 5 rings (SSSR count). The summed E-state index contributed by atoms with van der Waals surface area (Å²) in [7, 11) is 0. The van der Waals surface area contributed by atoms with Gasteiger partial charge in [-0.2, -0.15) is 0 Å². The predicted octanol–water partition coefficient (Wildman–Crippen LogP) is 4.10. The van der Waals surface area contributed by atoms with Gasteiger partial charge in [0, 0.05) is 18.0 Å². The minimum Gasteiger partial charge on any atom is -0.357 e. The Morgan fingerprint density at radius 3 is 2.70 bits per heavy atom. The van der Waals surface area contributed by atoms with E-state index in [1.165, 1.54) is 11.6 Å². The zero-order valence-electron chi connectivity index (χ0n) is 14.7. The molecule has 5 nitrogen and oxygen atoms in total. The van der Waals surface area contributed by atoms with Crippen molar-refractivity contribution < 1.29 is 4.39 Å². The van der Waals surface area contributed by atoms with Crippen LogP contribution in [0, 0.1) is 5.82 Å². The van der Waals surface area contributed by atoms with Crippen molar-refractivity contribution in [3.63, 3.8) is 0 Å². The van der Waals surface area contributed by atoms with Crippen molar-refractivity contribution in [1.29, 1.82) is 0 Å². The zero-order chi connectivity index (χ0) is 18.3. The molecule has 2 aromatic heterocycles. The van der Waals surface area contributed by atoms with E-state index in [2.05, 4.69) is 37.6 Å². The number of hydrogen-bond donors (Lipinski definition) is 1. The Balaban J connectivity index is 1.40. The maximum atomic E-state index is 14.3. The summed E-state index contributed by atoms with van der Waals surface area (Å²) in [5, 5.41) is 12.1. The van der Waals surface area contributed by atoms with Gasteiger partial charge in [-0.05, 0) is 60.7 Å². The third kappa shape index (κ3) is 2.77. The Morgan fingerprint density at radius 1 is 1.04 bits per heavy atom. The van der Waals surface area contributed by atoms with E-state index in [1.807, 2.05) is 24.4 Å². The van der Waals surface area contributed by atoms with E-state index in [9.17, 15) is 4.39 Å². The van der Waals surface area contributed by atoms with E-state index in [0.29, 0.717) is 18.1 Å². The van der Waals surface area contributed by atoms with Gasteiger partial charge in [0.25, 0.3) is 0 Å². The van der Waals surface area contributed by atoms with Crippen LogP contribution in [0.5, 0.6) is 0 Å². The number of rotatable bonds is 4. The molecule has 1 fully saturated rings. The highest BCUT2D eigenvalue weighted by atomic mass is 19.1. The normalized spacial score (nSPS) is 16.6. The molecule has 0 radical (unpaired) electrons. The molecule has 134 valence electrons. The second kappa shape index (κ2) is 6.23. The second-order valence-corrected chi connectivity index (χ2v) is 7.08. The molecular formula is C21H18FN5. The van der Waals surface area contributed by atoms with Gasteiger partial charge in [-0.15, -0.1) is 10.2 Å². The first-order valence-electron chi connectivity index (χ1n) is 9.10. The third-order valence-electron chi connectivity index (χ3n) is 5.38. The molecule has 0 saturated heterocycles. The Hall–Kier alpha value is -3.15. The highest BCUT2D eigenvalue weighted by Gasteiger charge is 2.42. The van der Waals surface area contributed by atoms with E-state index >= 15 is 0 Å². The Bertz CT molecular complexity index is 1020. The molecule has 1 aliphatic heterocycles. The summed E-state index contributed by atoms with van der Waals surface area (Å²) in [6.45, 7) is 0.717. The summed E-state index contributed by atoms with van der Waals surface area (Å²) in [4.78, 5) is 8.55. The molecule has 0 bridgehead atoms. The Morgan fingerprint density at radius 2 is 1.96 bits per heavy atom. The van der Waals surface area contributed by atoms with Crippen molar-refractivity contribution in [3.8, 4) is 11.3 Å². The van der Waals surface area contributed by atoms with Crippen LogP contribution in [-0.4, -0.2) is 21.4 Å². The summed E-state index contributed by atoms with van der Waals surface area (Å²) in [5.74, 6) is 0.350. The van der Waals surface area contributed by atoms with Crippen molar-refractivity contribution >= 4 is 12.0 Å². The fourth-order valence-electron chi connectivity index (χ4n) is 3.76. The summed E-state index contributed by atoms with van der Waals surface area (Å²) >= 11 is 0. The maximum absolute atomic E-state index is 14.3. The SMILES string of the molecule is Fc1cccnc1C1(Nc2ccc(-c3ccc4c(c3)CN=C4)nn2)CCC1. The first kappa shape index (κ1) is 16.1. The van der Waals surface area contributed by atoms with Crippen molar-refractivity contribution in [1.82, 2.24) is 15.2 Å². The maximum Gasteiger partial charge on any atom is 0.149 e. The fourth-order valence-corrected chi connectivity index (χ4v) is 3.76. The standard InChI is InChI=1S/C21H18FN5/c22-17-3-1-10-24-20(17)21(8-2-9-21)25-19-7-6-18(26-27-19)14-4-5-15-12-23-13-16(15)11-14/h1,3-7,10-12H,2,8-9,13H2,(H,25,27). The van der Waals surface area contributed by atoms with Gasteiger partial charge in [0.2, 0.25) is 0 Å². The average Bonchev–Trinajstić information content (AvgIpc) is 3.14. The van der Waals surface area contributed by atoms with E-state index in [0.717, 1.165) is 36.1 Å². The van der Waals surface area contributed by atoms with E-state index in [1.54, 1.807) is 12.3 Å². The number of anilines is 1. The van der Waals surface area contributed by atoms with E-state index < -0.39 is 5.54 Å². The molecule has 3 aromatic rings. The van der Waals surface area contributed by atoms with Crippen molar-refractivity contribution in [3.05, 3.63) is 71.3 Å². The first-order chi connectivity index (χ1) is 13.2. The molecule has 27 heavy (non-hydrogen) atoms. The predicted molar refractivity (Wildman–Crippen MR) is 102 cm³/mol. The third-order valence-corrected chi connectivity index (χ3v) is 5.38. The number of nitrogens with one attached hydrogen (secondary N) is 1. The van der Waals surface area contributed by atoms with Crippen LogP contribution < -0.4 is 5.32 Å². The summed E-state index contributed by atoms with van der Waals surface area (Å²) < 4.78 is 14.3. The number of hydrogen-bond acceptors (Lipinski definition) is 5. The van der Waals surface area contributed by atoms with Crippen LogP contribution in [0.25, 0.3) is 11.3 Å². The van der Waals surface area contributed by atoms with Crippen LogP contribution in [0.3, 0.4) is 0 Å². The minimum absolute atomic E-state index is 0.283. The van der Waals surface area contributed by atoms with Gasteiger partial charge in [0.15, 0.2) is 0 Å². The van der Waals surface area contributed by atoms with Gasteiger partial charge in [-0.25, -0.2) is 4.39 Å². The van der Waals surface area contributed by atoms with Gasteiger partial charge < -0.3 is 5.32 Å². The number of halogens is 1. The lowest BCUT2D eigenvalue weighted by atomic mass is 9.74. The number of nitrogens with zero attached hydrogens (tertiary/aromatic N) is 4. The molecule has 1 aliphatic carbocycles. The number of pyridine rings is 1. The Kier molecular flexibility index (Phi) is 3.70. The van der Waals surface area contributed by atoms with Crippen LogP contribution in [0.4, 0.5) is 10.2 Å². The summed E-state index contributed by atoms with van der Waals surface area (Å²) in [6.07, 6.45) is 6.22. The van der Waals surface area contributed by atoms with Crippen molar-refractivity contribution in [2.45, 2.75) is 31.3 Å². The molecule has 0 unspecified atom stereocenters. The lowest BCUT2D eigenvalue weighted by Gasteiger charge is -2.42. The Labute approximate surface area is 156 Å². The largest absolute Gasteiger partial charge is 0.357 e. The lowest BCUT2D eigenvalue weighted by Crippen LogP contribution is -2.43. The summed E-state index contributed by atoms with van der Waals surface area (Å²) in [6, 6.07) is 13.1. The average molecular weight is 359 g/mol. The van der Waals surface area contributed by atoms with Crippen LogP contribution in [0.2, 0.25) is 0 Å². The van der Waals surface area contributed by atoms with Crippen molar-refractivity contribution in [2.75, 3.05) is 5.32 Å². The smallest absolute Gasteiger partial charge is 0.149 e. The number of aliphatic imine (C=N–C) groups is 1. The highest BCUT2D eigenvalue weighted by molar-refractivity contribution is 5.85. The molecular weight excluding hydrogens is 341 g/mol. The van der Waals surface area contributed by atoms with Gasteiger partial charge in [-0.1, -0.05) is 12.1 Å². The van der Waals surface area contributed by atoms with Gasteiger partial charge in [0.05, 0.1) is 17.8 Å². The van der Waals surface area contributed by atoms with Crippen LogP contribution >= 0.6 is 0 Å². The number of fused-ring (bicyclic) bond motifs is 1. The van der Waals surface area contributed by atoms with Gasteiger partial charge in [-0.3, -0.25) is 9.98 Å². The van der Waals surface area contributed by atoms with Gasteiger partial charge >= 0.3 is 0 Å². The molecule has 0 amide bonds. The number of benzene rings is 1. The molecule has 0 atom stereocenters. The molecule has 1 saturated carbocycles. The van der Waals surface area contributed by atoms with Gasteiger partial charge in [0.1, 0.15) is 17.3 Å². The molecule has 1 aromatic carbocycles. The van der Waals surface area contributed by atoms with Crippen LogP contribution in [0.15, 0.2) is 53.7 Å². The molecule has 0 spiro atoms. The second-order valence-electron chi connectivity index (χ2n) is 7.08. The van der Waals surface area contributed by atoms with Crippen LogP contribution in [-0.2, 0) is 12.1 Å². The van der Waals surface area contributed by atoms with E-state index in [-0.39, 0.29) is 5.82 Å². The van der Waals surface area contributed by atoms with E-state index in [4.69, 9.17) is 0 Å². The highest BCUT2D eigenvalue weighted by Crippen LogP contribution is 2.43. The number of aromatic nitrogens is 3. The fraction of sp³-hybridized carbons (Fsp3) is 0.238. The zero-order valence-corrected chi connectivity index (χ0v) is 14.7. The minimum atomic E-state index is -0.494. The molecule has 6 heteroatoms. The molecule has 3 heterocycles. The van der Waals surface area contributed by atoms with Crippen molar-refractivity contribution in [2.24, 2.45) is 4.99 Å². The molecule has 1 N–H and O–H groups in total.